The number of hydrogen-bond acceptors (Lipinski definition) is 2. The summed E-state index contributed by atoms with van der Waals surface area (Å²) < 4.78 is 11.1. The van der Waals surface area contributed by atoms with Crippen molar-refractivity contribution >= 4 is 82.7 Å². The Bertz CT molecular complexity index is 1510. The molecule has 0 saturated heterocycles. The third-order valence-electron chi connectivity index (χ3n) is 11.1. The van der Waals surface area contributed by atoms with Gasteiger partial charge in [-0.05, 0) is 82.1 Å². The number of benzene rings is 4. The molecule has 1 unspecified atom stereocenters. The van der Waals surface area contributed by atoms with Crippen molar-refractivity contribution in [2.45, 2.75) is 122 Å². The average molecular weight is 823 g/mol. The molecule has 0 aliphatic carbocycles. The van der Waals surface area contributed by atoms with Crippen molar-refractivity contribution in [3.63, 3.8) is 0 Å². The van der Waals surface area contributed by atoms with Crippen LogP contribution in [0.5, 0.6) is 0 Å². The first-order chi connectivity index (χ1) is 24.1. The molecule has 0 saturated carbocycles. The van der Waals surface area contributed by atoms with Crippen LogP contribution in [-0.2, 0) is 4.12 Å². The molecule has 2 nitrogen and oxygen atoms in total. The van der Waals surface area contributed by atoms with Crippen LogP contribution in [-0.4, -0.2) is 49.7 Å². The third kappa shape index (κ3) is 8.95. The van der Waals surface area contributed by atoms with Gasteiger partial charge in [0.25, 0.3) is 0 Å². The zero-order valence-corrected chi connectivity index (χ0v) is 40.6. The molecule has 0 spiro atoms. The van der Waals surface area contributed by atoms with Crippen LogP contribution in [0.25, 0.3) is 0 Å². The van der Waals surface area contributed by atoms with Crippen LogP contribution in [0, 0.1) is 0 Å². The topological polar surface area (TPSA) is 12.5 Å². The van der Waals surface area contributed by atoms with Crippen LogP contribution < -0.4 is 20.7 Å². The zero-order chi connectivity index (χ0) is 38.6. The van der Waals surface area contributed by atoms with Gasteiger partial charge in [0.05, 0.1) is 0 Å². The smallest absolute Gasteiger partial charge is 0.248 e. The summed E-state index contributed by atoms with van der Waals surface area (Å²) in [4.78, 5) is 0. The van der Waals surface area contributed by atoms with Crippen LogP contribution in [0.15, 0.2) is 121 Å². The fraction of sp³-hybridized carbons (Fsp3) is 0.442. The molecule has 0 aliphatic rings. The molecule has 4 rings (SSSR count). The summed E-state index contributed by atoms with van der Waals surface area (Å²) in [6.07, 6.45) is 2.04. The summed E-state index contributed by atoms with van der Waals surface area (Å²) in [6, 6.07) is 48.5. The van der Waals surface area contributed by atoms with E-state index >= 15 is 0 Å². The van der Waals surface area contributed by atoms with E-state index in [0.717, 1.165) is 24.9 Å². The molecular weight excluding hydrogens is 758 g/mol. The number of hydrogen-bond donors (Lipinski definition) is 0. The Kier molecular flexibility index (Phi) is 13.9. The van der Waals surface area contributed by atoms with E-state index in [0.29, 0.717) is 0 Å². The molecule has 0 radical (unpaired) electrons. The van der Waals surface area contributed by atoms with Crippen molar-refractivity contribution in [2.75, 3.05) is 0 Å². The lowest BCUT2D eigenvalue weighted by molar-refractivity contribution is 0.422. The van der Waals surface area contributed by atoms with Gasteiger partial charge in [-0.25, -0.2) is 0 Å². The predicted molar refractivity (Wildman–Crippen MR) is 245 cm³/mol. The Labute approximate surface area is 332 Å². The molecule has 0 fully saturated rings. The van der Waals surface area contributed by atoms with Crippen molar-refractivity contribution in [1.82, 2.24) is 4.23 Å². The molecule has 9 heteroatoms. The highest BCUT2D eigenvalue weighted by atomic mass is 35.7. The second-order valence-electron chi connectivity index (χ2n) is 18.1. The summed E-state index contributed by atoms with van der Waals surface area (Å²) in [6.45, 7) is 27.5. The van der Waals surface area contributed by atoms with E-state index in [2.05, 4.69) is 200 Å². The minimum absolute atomic E-state index is 0.108. The first-order valence-electron chi connectivity index (χ1n) is 19.2. The maximum atomic E-state index is 7.84. The van der Waals surface area contributed by atoms with Gasteiger partial charge in [0.15, 0.2) is 33.1 Å². The lowest BCUT2D eigenvalue weighted by Crippen LogP contribution is -2.91. The van der Waals surface area contributed by atoms with Gasteiger partial charge in [-0.3, -0.25) is 0 Å². The first-order valence-corrected chi connectivity index (χ1v) is 34.0. The lowest BCUT2D eigenvalue weighted by atomic mass is 10.2. The van der Waals surface area contributed by atoms with Gasteiger partial charge < -0.3 is 8.35 Å². The second-order valence-corrected chi connectivity index (χ2v) is 44.6. The second kappa shape index (κ2) is 16.7. The molecule has 282 valence electrons. The van der Waals surface area contributed by atoms with Crippen molar-refractivity contribution in [3.8, 4) is 0 Å². The molecule has 4 aromatic carbocycles. The molecule has 0 N–H and O–H groups in total. The van der Waals surface area contributed by atoms with E-state index in [9.17, 15) is 0 Å². The van der Waals surface area contributed by atoms with Crippen molar-refractivity contribution in [2.24, 2.45) is 0 Å². The molecule has 0 heterocycles. The summed E-state index contributed by atoms with van der Waals surface area (Å²) in [5, 5.41) is 5.65. The highest BCUT2D eigenvalue weighted by Gasteiger charge is 2.67. The highest BCUT2D eigenvalue weighted by molar-refractivity contribution is 7.44. The van der Waals surface area contributed by atoms with Crippen molar-refractivity contribution in [1.29, 1.82) is 0 Å². The zero-order valence-electron chi connectivity index (χ0n) is 34.1. The van der Waals surface area contributed by atoms with E-state index in [-0.39, 0.29) is 15.7 Å². The Hall–Kier alpha value is -1.54. The van der Waals surface area contributed by atoms with E-state index in [1.807, 2.05) is 6.55 Å². The quantitative estimate of drug-likeness (QED) is 0.0875. The maximum absolute atomic E-state index is 7.84. The predicted octanol–water partition coefficient (Wildman–Crippen LogP) is 11.1. The number of halogens is 2. The number of rotatable bonds is 15. The van der Waals surface area contributed by atoms with E-state index in [4.69, 9.17) is 26.3 Å². The molecule has 1 atom stereocenters. The van der Waals surface area contributed by atoms with Crippen LogP contribution in [0.3, 0.4) is 0 Å². The van der Waals surface area contributed by atoms with Crippen molar-refractivity contribution in [3.05, 3.63) is 121 Å². The van der Waals surface area contributed by atoms with Gasteiger partial charge in [0.1, 0.15) is 0 Å². The lowest BCUT2D eigenvalue weighted by Gasteiger charge is -2.66. The minimum Gasteiger partial charge on any atom is -0.454 e. The monoisotopic (exact) mass is 821 g/mol. The summed E-state index contributed by atoms with van der Waals surface area (Å²) in [5.41, 5.74) is 0.220. The van der Waals surface area contributed by atoms with Crippen LogP contribution >= 0.6 is 22.2 Å². The normalized spacial score (nSPS) is 14.4. The Morgan fingerprint density at radius 3 is 1.10 bits per heavy atom. The molecule has 0 bridgehead atoms. The standard InChI is InChI=1S/C43H65Cl2NOSi5/c1-13-41(49(10,11)47-48(8,9)35-26-36-50(12,44)45)46(51(42(2,3)4,37-27-18-14-19-28-37)38-29-20-15-21-30-38)52(43(5,6)7,39-31-22-16-23-32-39)40-33-24-17-25-34-40/h14-25,27-34,41H,13,26,35-36H2,1-12H3. The van der Waals surface area contributed by atoms with E-state index in [1.165, 1.54) is 20.7 Å². The van der Waals surface area contributed by atoms with Crippen molar-refractivity contribution < 1.29 is 4.12 Å². The van der Waals surface area contributed by atoms with Gasteiger partial charge in [-0.15, -0.1) is 22.2 Å². The van der Waals surface area contributed by atoms with Gasteiger partial charge >= 0.3 is 0 Å². The fourth-order valence-electron chi connectivity index (χ4n) is 9.42. The Morgan fingerprint density at radius 1 is 0.538 bits per heavy atom. The van der Waals surface area contributed by atoms with E-state index < -0.39 is 39.8 Å². The summed E-state index contributed by atoms with van der Waals surface area (Å²) >= 11 is 13.2. The number of nitrogens with zero attached hydrogens (tertiary/aromatic N) is 1. The maximum Gasteiger partial charge on any atom is 0.248 e. The largest absolute Gasteiger partial charge is 0.454 e. The summed E-state index contributed by atoms with van der Waals surface area (Å²) in [7, 11) is -10.6. The molecule has 4 aromatic rings. The molecule has 0 aliphatic heterocycles. The summed E-state index contributed by atoms with van der Waals surface area (Å²) in [5.74, 6) is 0. The SMILES string of the molecule is CCC(N([Si](c1ccccc1)(c1ccccc1)C(C)(C)C)[Si](c1ccccc1)(c1ccccc1)C(C)(C)C)[Si](C)(C)O[Si](C)(C)CCC[Si](C)(Cl)Cl. The highest BCUT2D eigenvalue weighted by Crippen LogP contribution is 2.49. The van der Waals surface area contributed by atoms with Gasteiger partial charge in [-0.2, -0.15) is 0 Å². The Morgan fingerprint density at radius 2 is 0.846 bits per heavy atom. The van der Waals surface area contributed by atoms with Gasteiger partial charge in [-0.1, -0.05) is 176 Å². The minimum atomic E-state index is -2.97. The van der Waals surface area contributed by atoms with Crippen LogP contribution in [0.1, 0.15) is 61.3 Å². The molecule has 0 aromatic heterocycles. The van der Waals surface area contributed by atoms with Gasteiger partial charge in [0, 0.05) is 5.67 Å². The van der Waals surface area contributed by atoms with E-state index in [1.54, 1.807) is 0 Å². The van der Waals surface area contributed by atoms with Crippen LogP contribution in [0.4, 0.5) is 0 Å². The average Bonchev–Trinajstić information content (AvgIpc) is 3.05. The first kappa shape index (κ1) is 43.2. The fourth-order valence-corrected chi connectivity index (χ4v) is 39.9. The van der Waals surface area contributed by atoms with Crippen LogP contribution in [0.2, 0.25) is 54.9 Å². The van der Waals surface area contributed by atoms with Gasteiger partial charge in [0.2, 0.25) is 6.69 Å². The Balaban J connectivity index is 2.25. The third-order valence-corrected chi connectivity index (χ3v) is 35.2. The molecular formula is C43H65Cl2NOSi5. The molecule has 0 amide bonds. The molecule has 52 heavy (non-hydrogen) atoms.